The maximum absolute atomic E-state index is 11.0. The van der Waals surface area contributed by atoms with Crippen molar-refractivity contribution in [1.82, 2.24) is 0 Å². The van der Waals surface area contributed by atoms with Crippen LogP contribution in [0.25, 0.3) is 0 Å². The summed E-state index contributed by atoms with van der Waals surface area (Å²) in [6.45, 7) is -2.31. The fourth-order valence-electron chi connectivity index (χ4n) is 3.38. The standard InChI is InChI=1S/C14H25BrO11/c15-1-2-24-12-9(19)11(21)14(23,7(4-17)26-12)13(22)5-25-6(3-16)8(18)10(13)20/h6-12,16-23H,1-5H2/t6-,7-,8+,9-,10+,11-,12+,13-,14-/m1/s1. The third-order valence-corrected chi connectivity index (χ3v) is 5.28. The zero-order chi connectivity index (χ0) is 19.7. The first kappa shape index (κ1) is 22.3. The van der Waals surface area contributed by atoms with Crippen LogP contribution in [0.15, 0.2) is 0 Å². The normalized spacial score (nSPS) is 50.0. The van der Waals surface area contributed by atoms with E-state index in [4.69, 9.17) is 19.3 Å². The third-order valence-electron chi connectivity index (χ3n) is 4.95. The average molecular weight is 449 g/mol. The first-order chi connectivity index (χ1) is 12.2. The van der Waals surface area contributed by atoms with Gasteiger partial charge in [0.2, 0.25) is 0 Å². The first-order valence-electron chi connectivity index (χ1n) is 8.02. The fraction of sp³-hybridized carbons (Fsp3) is 1.00. The maximum atomic E-state index is 11.0. The molecule has 8 N–H and O–H groups in total. The zero-order valence-corrected chi connectivity index (χ0v) is 15.3. The second-order valence-corrected chi connectivity index (χ2v) is 7.18. The third kappa shape index (κ3) is 3.43. The maximum Gasteiger partial charge on any atom is 0.186 e. The Morgan fingerprint density at radius 1 is 1.00 bits per heavy atom. The van der Waals surface area contributed by atoms with Crippen molar-refractivity contribution in [3.05, 3.63) is 0 Å². The van der Waals surface area contributed by atoms with Crippen molar-refractivity contribution in [1.29, 1.82) is 0 Å². The van der Waals surface area contributed by atoms with Crippen LogP contribution in [-0.4, -0.2) is 127 Å². The minimum Gasteiger partial charge on any atom is -0.394 e. The lowest BCUT2D eigenvalue weighted by atomic mass is 9.67. The highest BCUT2D eigenvalue weighted by Crippen LogP contribution is 2.43. The molecule has 0 aromatic carbocycles. The van der Waals surface area contributed by atoms with Gasteiger partial charge in [-0.1, -0.05) is 15.9 Å². The van der Waals surface area contributed by atoms with E-state index in [-0.39, 0.29) is 6.61 Å². The lowest BCUT2D eigenvalue weighted by Crippen LogP contribution is -2.82. The van der Waals surface area contributed by atoms with E-state index >= 15 is 0 Å². The van der Waals surface area contributed by atoms with E-state index in [0.29, 0.717) is 5.33 Å². The summed E-state index contributed by atoms with van der Waals surface area (Å²) in [5.41, 5.74) is -5.55. The number of hydrogen-bond acceptors (Lipinski definition) is 11. The van der Waals surface area contributed by atoms with Gasteiger partial charge in [0, 0.05) is 5.33 Å². The minimum absolute atomic E-state index is 0.0813. The highest BCUT2D eigenvalue weighted by molar-refractivity contribution is 9.09. The van der Waals surface area contributed by atoms with Gasteiger partial charge in [-0.2, -0.15) is 0 Å². The van der Waals surface area contributed by atoms with Gasteiger partial charge < -0.3 is 55.1 Å². The van der Waals surface area contributed by atoms with Crippen molar-refractivity contribution in [2.24, 2.45) is 0 Å². The van der Waals surface area contributed by atoms with Crippen molar-refractivity contribution in [2.75, 3.05) is 31.8 Å². The number of hydrogen-bond donors (Lipinski definition) is 8. The summed E-state index contributed by atoms with van der Waals surface area (Å²) in [7, 11) is 0. The number of halogens is 1. The predicted molar refractivity (Wildman–Crippen MR) is 86.2 cm³/mol. The SMILES string of the molecule is OC[C@H]1OC[C@](O)([C@]2(O)[C@H](O)[C@@H](O)[C@@H](OCCBr)O[C@@H]2CO)[C@@H](O)[C@H]1O. The molecule has 9 atom stereocenters. The molecule has 0 aliphatic carbocycles. The minimum atomic E-state index is -2.82. The van der Waals surface area contributed by atoms with Gasteiger partial charge in [-0.3, -0.25) is 0 Å². The molecule has 2 saturated heterocycles. The molecule has 0 aromatic heterocycles. The summed E-state index contributed by atoms with van der Waals surface area (Å²) in [5.74, 6) is 0. The van der Waals surface area contributed by atoms with E-state index in [9.17, 15) is 35.7 Å². The second-order valence-electron chi connectivity index (χ2n) is 6.39. The van der Waals surface area contributed by atoms with Gasteiger partial charge in [-0.15, -0.1) is 0 Å². The van der Waals surface area contributed by atoms with E-state index < -0.39 is 73.9 Å². The van der Waals surface area contributed by atoms with Crippen molar-refractivity contribution in [3.8, 4) is 0 Å². The molecular weight excluding hydrogens is 424 g/mol. The van der Waals surface area contributed by atoms with Gasteiger partial charge in [0.15, 0.2) is 17.5 Å². The summed E-state index contributed by atoms with van der Waals surface area (Å²) in [6.07, 6.45) is -12.2. The van der Waals surface area contributed by atoms with Crippen LogP contribution < -0.4 is 0 Å². The van der Waals surface area contributed by atoms with Gasteiger partial charge >= 0.3 is 0 Å². The van der Waals surface area contributed by atoms with Gasteiger partial charge in [-0.25, -0.2) is 0 Å². The van der Waals surface area contributed by atoms with Gasteiger partial charge in [0.1, 0.15) is 36.6 Å². The number of rotatable bonds is 6. The number of aliphatic hydroxyl groups excluding tert-OH is 6. The van der Waals surface area contributed by atoms with Gasteiger partial charge in [0.05, 0.1) is 26.4 Å². The molecular formula is C14H25BrO11. The topological polar surface area (TPSA) is 190 Å². The summed E-state index contributed by atoms with van der Waals surface area (Å²) in [6, 6.07) is 0. The lowest BCUT2D eigenvalue weighted by molar-refractivity contribution is -0.391. The molecule has 0 radical (unpaired) electrons. The average Bonchev–Trinajstić information content (AvgIpc) is 2.64. The smallest absolute Gasteiger partial charge is 0.186 e. The van der Waals surface area contributed by atoms with Crippen LogP contribution in [0, 0.1) is 0 Å². The number of aliphatic hydroxyl groups is 8. The quantitative estimate of drug-likeness (QED) is 0.182. The Morgan fingerprint density at radius 2 is 1.65 bits per heavy atom. The molecule has 2 aliphatic rings. The van der Waals surface area contributed by atoms with E-state index in [1.165, 1.54) is 0 Å². The van der Waals surface area contributed by atoms with Crippen LogP contribution in [-0.2, 0) is 14.2 Å². The Balaban J connectivity index is 2.35. The fourth-order valence-corrected chi connectivity index (χ4v) is 3.57. The molecule has 2 aliphatic heterocycles. The second kappa shape index (κ2) is 8.59. The summed E-state index contributed by atoms with van der Waals surface area (Å²) in [4.78, 5) is 0. The zero-order valence-electron chi connectivity index (χ0n) is 13.8. The highest BCUT2D eigenvalue weighted by atomic mass is 79.9. The van der Waals surface area contributed by atoms with Crippen LogP contribution in [0.5, 0.6) is 0 Å². The summed E-state index contributed by atoms with van der Waals surface area (Å²) < 4.78 is 15.5. The van der Waals surface area contributed by atoms with Crippen molar-refractivity contribution >= 4 is 15.9 Å². The highest BCUT2D eigenvalue weighted by Gasteiger charge is 2.70. The Labute approximate surface area is 157 Å². The molecule has 0 spiro atoms. The van der Waals surface area contributed by atoms with Crippen LogP contribution >= 0.6 is 15.9 Å². The molecule has 2 heterocycles. The molecule has 12 heteroatoms. The van der Waals surface area contributed by atoms with Gasteiger partial charge in [-0.05, 0) is 0 Å². The number of alkyl halides is 1. The largest absolute Gasteiger partial charge is 0.394 e. The van der Waals surface area contributed by atoms with Crippen molar-refractivity contribution in [3.63, 3.8) is 0 Å². The molecule has 0 bridgehead atoms. The Kier molecular flexibility index (Phi) is 7.38. The van der Waals surface area contributed by atoms with E-state index in [1.807, 2.05) is 0 Å². The summed E-state index contributed by atoms with van der Waals surface area (Å²) >= 11 is 3.10. The first-order valence-corrected chi connectivity index (χ1v) is 9.14. The van der Waals surface area contributed by atoms with Crippen LogP contribution in [0.1, 0.15) is 0 Å². The van der Waals surface area contributed by atoms with Crippen molar-refractivity contribution < 1.29 is 55.1 Å². The van der Waals surface area contributed by atoms with Crippen LogP contribution in [0.4, 0.5) is 0 Å². The Morgan fingerprint density at radius 3 is 2.19 bits per heavy atom. The van der Waals surface area contributed by atoms with Crippen molar-refractivity contribution in [2.45, 2.75) is 54.1 Å². The summed E-state index contributed by atoms with van der Waals surface area (Å²) in [5, 5.41) is 82.0. The molecule has 2 rings (SSSR count). The molecule has 26 heavy (non-hydrogen) atoms. The Bertz CT molecular complexity index is 466. The number of ether oxygens (including phenoxy) is 3. The molecule has 0 amide bonds. The van der Waals surface area contributed by atoms with E-state index in [0.717, 1.165) is 0 Å². The molecule has 154 valence electrons. The van der Waals surface area contributed by atoms with Crippen LogP contribution in [0.2, 0.25) is 0 Å². The Hall–Kier alpha value is 0.0400. The molecule has 2 fully saturated rings. The molecule has 0 saturated carbocycles. The monoisotopic (exact) mass is 448 g/mol. The van der Waals surface area contributed by atoms with E-state index in [1.54, 1.807) is 0 Å². The van der Waals surface area contributed by atoms with Crippen LogP contribution in [0.3, 0.4) is 0 Å². The molecule has 11 nitrogen and oxygen atoms in total. The van der Waals surface area contributed by atoms with E-state index in [2.05, 4.69) is 15.9 Å². The van der Waals surface area contributed by atoms with Gasteiger partial charge in [0.25, 0.3) is 0 Å². The molecule has 0 unspecified atom stereocenters. The molecule has 0 aromatic rings. The predicted octanol–water partition coefficient (Wildman–Crippen LogP) is -4.59. The lowest BCUT2D eigenvalue weighted by Gasteiger charge is -2.57.